The van der Waals surface area contributed by atoms with Gasteiger partial charge in [0.2, 0.25) is 0 Å². The Bertz CT molecular complexity index is 1210. The number of nitrogens with one attached hydrogen (secondary N) is 1. The fourth-order valence-electron chi connectivity index (χ4n) is 2.92. The lowest BCUT2D eigenvalue weighted by atomic mass is 10.1. The summed E-state index contributed by atoms with van der Waals surface area (Å²) in [4.78, 5) is 15.2. The molecule has 3 heterocycles. The lowest BCUT2D eigenvalue weighted by molar-refractivity contribution is -0.141. The van der Waals surface area contributed by atoms with Crippen molar-refractivity contribution in [2.45, 2.75) is 12.8 Å². The maximum Gasteiger partial charge on any atom is 0.433 e. The first kappa shape index (κ1) is 21.6. The predicted octanol–water partition coefficient (Wildman–Crippen LogP) is 5.79. The number of aromatic amines is 1. The number of H-pyrrole nitrogens is 1. The van der Waals surface area contributed by atoms with Crippen molar-refractivity contribution in [3.8, 4) is 34.1 Å². The largest absolute Gasteiger partial charge is 0.493 e. The maximum absolute atomic E-state index is 12.6. The topological polar surface area (TPSA) is 72.9 Å². The zero-order valence-corrected chi connectivity index (χ0v) is 17.4. The minimum atomic E-state index is -4.48. The van der Waals surface area contributed by atoms with Crippen LogP contribution in [0.2, 0.25) is 5.15 Å². The number of nitrogens with zero attached hydrogens (tertiary/aromatic N) is 3. The number of imidazole rings is 1. The molecule has 0 radical (unpaired) electrons. The molecule has 1 N–H and O–H groups in total. The number of aromatic nitrogens is 4. The maximum atomic E-state index is 12.6. The summed E-state index contributed by atoms with van der Waals surface area (Å²) in [6, 6.07) is 11.0. The molecule has 1 aromatic carbocycles. The number of halogens is 4. The van der Waals surface area contributed by atoms with Gasteiger partial charge in [-0.1, -0.05) is 17.7 Å². The number of hydrogen-bond acceptors (Lipinski definition) is 5. The minimum Gasteiger partial charge on any atom is -0.493 e. The molecule has 6 nitrogen and oxygen atoms in total. The Morgan fingerprint density at radius 3 is 2.44 bits per heavy atom. The van der Waals surface area contributed by atoms with Crippen molar-refractivity contribution >= 4 is 11.6 Å². The van der Waals surface area contributed by atoms with E-state index in [1.807, 2.05) is 12.1 Å². The van der Waals surface area contributed by atoms with E-state index in [9.17, 15) is 13.2 Å². The van der Waals surface area contributed by atoms with Gasteiger partial charge in [-0.15, -0.1) is 0 Å². The van der Waals surface area contributed by atoms with Crippen LogP contribution in [0.1, 0.15) is 11.3 Å². The number of rotatable bonds is 6. The zero-order chi connectivity index (χ0) is 22.7. The third-order valence-corrected chi connectivity index (χ3v) is 4.77. The van der Waals surface area contributed by atoms with Gasteiger partial charge in [-0.3, -0.25) is 4.98 Å². The summed E-state index contributed by atoms with van der Waals surface area (Å²) in [6.45, 7) is 0.0387. The summed E-state index contributed by atoms with van der Waals surface area (Å²) in [5, 5.41) is 0.396. The Balaban J connectivity index is 1.49. The van der Waals surface area contributed by atoms with Crippen molar-refractivity contribution in [3.05, 3.63) is 77.5 Å². The molecule has 0 aliphatic carbocycles. The summed E-state index contributed by atoms with van der Waals surface area (Å²) in [6.07, 6.45) is 0.0425. The summed E-state index contributed by atoms with van der Waals surface area (Å²) >= 11 is 5.82. The van der Waals surface area contributed by atoms with Crippen molar-refractivity contribution in [3.63, 3.8) is 0 Å². The normalized spacial score (nSPS) is 11.4. The van der Waals surface area contributed by atoms with Gasteiger partial charge in [0.1, 0.15) is 23.3 Å². The molecule has 0 saturated carbocycles. The van der Waals surface area contributed by atoms with E-state index in [0.717, 1.165) is 23.4 Å². The molecule has 0 atom stereocenters. The molecule has 0 fully saturated rings. The van der Waals surface area contributed by atoms with Gasteiger partial charge in [-0.2, -0.15) is 13.2 Å². The highest BCUT2D eigenvalue weighted by Crippen LogP contribution is 2.33. The summed E-state index contributed by atoms with van der Waals surface area (Å²) in [7, 11) is 1.50. The summed E-state index contributed by atoms with van der Waals surface area (Å²) in [5.74, 6) is 1.53. The van der Waals surface area contributed by atoms with Crippen LogP contribution in [-0.2, 0) is 12.8 Å². The summed E-state index contributed by atoms with van der Waals surface area (Å²) in [5.41, 5.74) is 1.81. The number of methoxy groups -OCH3 is 1. The van der Waals surface area contributed by atoms with E-state index in [1.54, 1.807) is 30.6 Å². The Kier molecular flexibility index (Phi) is 6.00. The van der Waals surface area contributed by atoms with Crippen LogP contribution in [-0.4, -0.2) is 27.0 Å². The van der Waals surface area contributed by atoms with Crippen molar-refractivity contribution in [1.82, 2.24) is 19.9 Å². The Labute approximate surface area is 186 Å². The van der Waals surface area contributed by atoms with Gasteiger partial charge < -0.3 is 14.5 Å². The molecular weight excluding hydrogens is 445 g/mol. The van der Waals surface area contributed by atoms with Crippen molar-refractivity contribution in [2.75, 3.05) is 7.11 Å². The number of hydrogen-bond donors (Lipinski definition) is 1. The van der Waals surface area contributed by atoms with E-state index in [-0.39, 0.29) is 6.61 Å². The molecule has 4 aromatic rings. The second kappa shape index (κ2) is 8.88. The fourth-order valence-corrected chi connectivity index (χ4v) is 3.03. The first-order chi connectivity index (χ1) is 15.3. The predicted molar refractivity (Wildman–Crippen MR) is 112 cm³/mol. The van der Waals surface area contributed by atoms with Gasteiger partial charge in [-0.05, 0) is 36.4 Å². The van der Waals surface area contributed by atoms with Crippen molar-refractivity contribution in [2.24, 2.45) is 0 Å². The van der Waals surface area contributed by atoms with E-state index in [4.69, 9.17) is 21.1 Å². The van der Waals surface area contributed by atoms with Crippen LogP contribution in [0.5, 0.6) is 11.5 Å². The second-order valence-corrected chi connectivity index (χ2v) is 7.09. The first-order valence-corrected chi connectivity index (χ1v) is 9.72. The van der Waals surface area contributed by atoms with Crippen LogP contribution in [0.25, 0.3) is 22.6 Å². The van der Waals surface area contributed by atoms with Gasteiger partial charge in [0.25, 0.3) is 0 Å². The second-order valence-electron chi connectivity index (χ2n) is 6.71. The van der Waals surface area contributed by atoms with Gasteiger partial charge in [0.05, 0.1) is 12.8 Å². The van der Waals surface area contributed by atoms with Gasteiger partial charge in [-0.25, -0.2) is 9.97 Å². The molecule has 0 aliphatic heterocycles. The monoisotopic (exact) mass is 460 g/mol. The highest BCUT2D eigenvalue weighted by atomic mass is 35.5. The van der Waals surface area contributed by atoms with Gasteiger partial charge in [0, 0.05) is 35.3 Å². The molecule has 32 heavy (non-hydrogen) atoms. The number of benzene rings is 1. The van der Waals surface area contributed by atoms with Crippen LogP contribution in [0.4, 0.5) is 13.2 Å². The molecule has 0 saturated heterocycles. The highest BCUT2D eigenvalue weighted by Gasteiger charge is 2.32. The molecule has 0 unspecified atom stereocenters. The molecule has 0 spiro atoms. The van der Waals surface area contributed by atoms with Crippen molar-refractivity contribution in [1.29, 1.82) is 0 Å². The number of alkyl halides is 3. The van der Waals surface area contributed by atoms with E-state index in [2.05, 4.69) is 19.9 Å². The van der Waals surface area contributed by atoms with Crippen LogP contribution >= 0.6 is 11.6 Å². The SMILES string of the molecule is COc1cc(-c2c[nH]c(-c3ccc(Cl)nc3)n2)ccc1OCc1ccc(C(F)(F)F)nc1. The molecular formula is C22H16ClF3N4O2. The third kappa shape index (κ3) is 4.83. The molecule has 164 valence electrons. The Hall–Kier alpha value is -3.59. The molecule has 3 aromatic heterocycles. The lowest BCUT2D eigenvalue weighted by Gasteiger charge is -2.12. The van der Waals surface area contributed by atoms with E-state index in [1.165, 1.54) is 13.2 Å². The zero-order valence-electron chi connectivity index (χ0n) is 16.7. The van der Waals surface area contributed by atoms with Crippen LogP contribution in [0.3, 0.4) is 0 Å². The smallest absolute Gasteiger partial charge is 0.433 e. The van der Waals surface area contributed by atoms with Crippen LogP contribution in [0.15, 0.2) is 61.1 Å². The van der Waals surface area contributed by atoms with Gasteiger partial charge >= 0.3 is 6.18 Å². The molecule has 0 bridgehead atoms. The van der Waals surface area contributed by atoms with Crippen molar-refractivity contribution < 1.29 is 22.6 Å². The van der Waals surface area contributed by atoms with Crippen LogP contribution < -0.4 is 9.47 Å². The molecule has 10 heteroatoms. The first-order valence-electron chi connectivity index (χ1n) is 9.34. The van der Waals surface area contributed by atoms with Gasteiger partial charge in [0.15, 0.2) is 11.5 Å². The summed E-state index contributed by atoms with van der Waals surface area (Å²) < 4.78 is 49.0. The molecule has 4 rings (SSSR count). The number of ether oxygens (including phenoxy) is 2. The molecule has 0 aliphatic rings. The third-order valence-electron chi connectivity index (χ3n) is 4.55. The standard InChI is InChI=1S/C22H16ClF3N4O2/c1-31-18-8-14(16-11-29-21(30-16)15-4-7-20(23)28-10-15)3-5-17(18)32-12-13-2-6-19(27-9-13)22(24,25)26/h2-11H,12H2,1H3,(H,29,30). The van der Waals surface area contributed by atoms with E-state index in [0.29, 0.717) is 33.7 Å². The average molecular weight is 461 g/mol. The molecule has 0 amide bonds. The van der Waals surface area contributed by atoms with Crippen LogP contribution in [0, 0.1) is 0 Å². The Morgan fingerprint density at radius 1 is 0.969 bits per heavy atom. The average Bonchev–Trinajstić information content (AvgIpc) is 3.28. The number of pyridine rings is 2. The highest BCUT2D eigenvalue weighted by molar-refractivity contribution is 6.29. The fraction of sp³-hybridized carbons (Fsp3) is 0.136. The quantitative estimate of drug-likeness (QED) is 0.368. The Morgan fingerprint density at radius 2 is 1.78 bits per heavy atom. The lowest BCUT2D eigenvalue weighted by Crippen LogP contribution is -2.08. The van der Waals surface area contributed by atoms with E-state index < -0.39 is 11.9 Å². The minimum absolute atomic E-state index is 0.0387. The van der Waals surface area contributed by atoms with E-state index >= 15 is 0 Å².